The standard InChI is InChI=1S/C27H22ClFN2O6S/c1-35-20-8-6-19(7-9-20)30-24(32)14-31-26(33)23(38-27(31)34)13-17-11-21(28)25(22(12-17)36-2)37-15-16-4-3-5-18(29)10-16/h3-13H,14-15H2,1-2H3,(H,30,32)/b23-13+. The van der Waals surface area contributed by atoms with E-state index in [1.54, 1.807) is 48.5 Å². The lowest BCUT2D eigenvalue weighted by atomic mass is 10.1. The lowest BCUT2D eigenvalue weighted by Gasteiger charge is -2.14. The average Bonchev–Trinajstić information content (AvgIpc) is 3.15. The van der Waals surface area contributed by atoms with Crippen LogP contribution in [0, 0.1) is 5.82 Å². The highest BCUT2D eigenvalue weighted by molar-refractivity contribution is 8.18. The van der Waals surface area contributed by atoms with Crippen molar-refractivity contribution >= 4 is 52.2 Å². The summed E-state index contributed by atoms with van der Waals surface area (Å²) in [5.74, 6) is -0.347. The highest BCUT2D eigenvalue weighted by Gasteiger charge is 2.36. The Morgan fingerprint density at radius 1 is 1.08 bits per heavy atom. The molecule has 1 saturated heterocycles. The van der Waals surface area contributed by atoms with Gasteiger partial charge in [0.05, 0.1) is 24.1 Å². The van der Waals surface area contributed by atoms with Gasteiger partial charge in [0.25, 0.3) is 11.1 Å². The Kier molecular flexibility index (Phi) is 8.55. The van der Waals surface area contributed by atoms with Gasteiger partial charge in [0, 0.05) is 5.69 Å². The van der Waals surface area contributed by atoms with Gasteiger partial charge in [-0.1, -0.05) is 23.7 Å². The van der Waals surface area contributed by atoms with E-state index >= 15 is 0 Å². The maximum absolute atomic E-state index is 13.4. The summed E-state index contributed by atoms with van der Waals surface area (Å²) in [6, 6.07) is 15.8. The summed E-state index contributed by atoms with van der Waals surface area (Å²) in [5.41, 5.74) is 1.59. The van der Waals surface area contributed by atoms with Crippen molar-refractivity contribution in [3.05, 3.63) is 87.5 Å². The highest BCUT2D eigenvalue weighted by atomic mass is 35.5. The summed E-state index contributed by atoms with van der Waals surface area (Å²) in [7, 11) is 2.96. The molecule has 196 valence electrons. The summed E-state index contributed by atoms with van der Waals surface area (Å²) < 4.78 is 29.7. The summed E-state index contributed by atoms with van der Waals surface area (Å²) in [5, 5.41) is 2.27. The van der Waals surface area contributed by atoms with Crippen molar-refractivity contribution in [3.63, 3.8) is 0 Å². The summed E-state index contributed by atoms with van der Waals surface area (Å²) in [6.07, 6.45) is 1.48. The van der Waals surface area contributed by atoms with Crippen LogP contribution in [0.25, 0.3) is 6.08 Å². The molecule has 3 aromatic carbocycles. The molecule has 11 heteroatoms. The lowest BCUT2D eigenvalue weighted by Crippen LogP contribution is -2.36. The van der Waals surface area contributed by atoms with Gasteiger partial charge in [-0.3, -0.25) is 19.3 Å². The van der Waals surface area contributed by atoms with Crippen LogP contribution in [0.5, 0.6) is 17.2 Å². The number of anilines is 1. The number of carbonyl (C=O) groups excluding carboxylic acids is 3. The SMILES string of the molecule is COc1ccc(NC(=O)CN2C(=O)S/C(=C/c3cc(Cl)c(OCc4cccc(F)c4)c(OC)c3)C2=O)cc1. The fraction of sp³-hybridized carbons (Fsp3) is 0.148. The molecule has 0 unspecified atom stereocenters. The normalized spacial score (nSPS) is 14.1. The van der Waals surface area contributed by atoms with Gasteiger partial charge in [0.2, 0.25) is 5.91 Å². The molecule has 4 rings (SSSR count). The van der Waals surface area contributed by atoms with E-state index in [0.29, 0.717) is 40.1 Å². The summed E-state index contributed by atoms with van der Waals surface area (Å²) in [4.78, 5) is 38.8. The molecule has 0 saturated carbocycles. The Morgan fingerprint density at radius 3 is 2.53 bits per heavy atom. The van der Waals surface area contributed by atoms with Crippen LogP contribution >= 0.6 is 23.4 Å². The van der Waals surface area contributed by atoms with Crippen LogP contribution in [-0.4, -0.2) is 42.7 Å². The number of carbonyl (C=O) groups is 3. The molecule has 1 fully saturated rings. The van der Waals surface area contributed by atoms with E-state index in [9.17, 15) is 18.8 Å². The third kappa shape index (κ3) is 6.45. The minimum atomic E-state index is -0.605. The molecule has 8 nitrogen and oxygen atoms in total. The molecular weight excluding hydrogens is 535 g/mol. The van der Waals surface area contributed by atoms with Crippen molar-refractivity contribution in [1.82, 2.24) is 4.90 Å². The number of nitrogens with zero attached hydrogens (tertiary/aromatic N) is 1. The zero-order chi connectivity index (χ0) is 27.2. The topological polar surface area (TPSA) is 94.2 Å². The van der Waals surface area contributed by atoms with Gasteiger partial charge in [0.1, 0.15) is 24.7 Å². The van der Waals surface area contributed by atoms with E-state index in [1.807, 2.05) is 0 Å². The minimum absolute atomic E-state index is 0.0602. The lowest BCUT2D eigenvalue weighted by molar-refractivity contribution is -0.127. The van der Waals surface area contributed by atoms with E-state index in [1.165, 1.54) is 32.4 Å². The molecule has 0 radical (unpaired) electrons. The molecule has 0 spiro atoms. The molecule has 3 amide bonds. The number of hydrogen-bond donors (Lipinski definition) is 1. The van der Waals surface area contributed by atoms with E-state index in [4.69, 9.17) is 25.8 Å². The van der Waals surface area contributed by atoms with Gasteiger partial charge in [-0.15, -0.1) is 0 Å². The van der Waals surface area contributed by atoms with Gasteiger partial charge >= 0.3 is 0 Å². The fourth-order valence-electron chi connectivity index (χ4n) is 3.55. The maximum atomic E-state index is 13.4. The molecule has 1 aliphatic rings. The number of halogens is 2. The smallest absolute Gasteiger partial charge is 0.294 e. The van der Waals surface area contributed by atoms with Gasteiger partial charge in [0.15, 0.2) is 11.5 Å². The number of amides is 3. The number of rotatable bonds is 9. The zero-order valence-corrected chi connectivity index (χ0v) is 21.9. The first-order valence-corrected chi connectivity index (χ1v) is 12.4. The van der Waals surface area contributed by atoms with Gasteiger partial charge in [-0.2, -0.15) is 0 Å². The monoisotopic (exact) mass is 556 g/mol. The number of methoxy groups -OCH3 is 2. The number of ether oxygens (including phenoxy) is 3. The van der Waals surface area contributed by atoms with E-state index in [0.717, 1.165) is 4.90 Å². The summed E-state index contributed by atoms with van der Waals surface area (Å²) >= 11 is 7.13. The maximum Gasteiger partial charge on any atom is 0.294 e. The van der Waals surface area contributed by atoms with Crippen LogP contribution in [0.1, 0.15) is 11.1 Å². The molecule has 38 heavy (non-hydrogen) atoms. The Morgan fingerprint density at radius 2 is 1.84 bits per heavy atom. The van der Waals surface area contributed by atoms with Gasteiger partial charge in [-0.25, -0.2) is 4.39 Å². The Balaban J connectivity index is 1.45. The third-order valence-electron chi connectivity index (χ3n) is 5.37. The number of nitrogens with one attached hydrogen (secondary N) is 1. The first kappa shape index (κ1) is 27.0. The molecule has 1 heterocycles. The Labute approximate surface area is 227 Å². The van der Waals surface area contributed by atoms with E-state index < -0.39 is 23.6 Å². The zero-order valence-electron chi connectivity index (χ0n) is 20.3. The fourth-order valence-corrected chi connectivity index (χ4v) is 4.66. The van der Waals surface area contributed by atoms with Crippen molar-refractivity contribution in [3.8, 4) is 17.2 Å². The molecule has 0 aromatic heterocycles. The first-order chi connectivity index (χ1) is 18.3. The molecule has 3 aromatic rings. The third-order valence-corrected chi connectivity index (χ3v) is 6.56. The molecular formula is C27H22ClFN2O6S. The quantitative estimate of drug-likeness (QED) is 0.335. The Hall–Kier alpha value is -4.02. The number of benzene rings is 3. The molecule has 0 aliphatic carbocycles. The highest BCUT2D eigenvalue weighted by Crippen LogP contribution is 2.39. The second-order valence-corrected chi connectivity index (χ2v) is 9.40. The van der Waals surface area contributed by atoms with E-state index in [-0.39, 0.29) is 28.1 Å². The molecule has 0 bridgehead atoms. The number of thioether (sulfide) groups is 1. The van der Waals surface area contributed by atoms with Crippen molar-refractivity contribution in [2.45, 2.75) is 6.61 Å². The van der Waals surface area contributed by atoms with Crippen LogP contribution < -0.4 is 19.5 Å². The molecule has 1 N–H and O–H groups in total. The molecule has 1 aliphatic heterocycles. The van der Waals surface area contributed by atoms with Crippen LogP contribution in [0.2, 0.25) is 5.02 Å². The largest absolute Gasteiger partial charge is 0.497 e. The van der Waals surface area contributed by atoms with Crippen molar-refractivity contribution in [1.29, 1.82) is 0 Å². The predicted octanol–water partition coefficient (Wildman–Crippen LogP) is 5.75. The van der Waals surface area contributed by atoms with Crippen molar-refractivity contribution < 1.29 is 33.0 Å². The number of hydrogen-bond acceptors (Lipinski definition) is 7. The second-order valence-electron chi connectivity index (χ2n) is 8.00. The van der Waals surface area contributed by atoms with Crippen LogP contribution in [0.15, 0.2) is 65.6 Å². The van der Waals surface area contributed by atoms with Gasteiger partial charge in [-0.05, 0) is 77.5 Å². The predicted molar refractivity (Wildman–Crippen MR) is 143 cm³/mol. The molecule has 0 atom stereocenters. The van der Waals surface area contributed by atoms with Crippen LogP contribution in [0.4, 0.5) is 14.9 Å². The van der Waals surface area contributed by atoms with Crippen molar-refractivity contribution in [2.75, 3.05) is 26.1 Å². The first-order valence-electron chi connectivity index (χ1n) is 11.2. The van der Waals surface area contributed by atoms with Crippen molar-refractivity contribution in [2.24, 2.45) is 0 Å². The number of imide groups is 1. The van der Waals surface area contributed by atoms with Crippen LogP contribution in [-0.2, 0) is 16.2 Å². The summed E-state index contributed by atoms with van der Waals surface area (Å²) in [6.45, 7) is -0.379. The van der Waals surface area contributed by atoms with Gasteiger partial charge < -0.3 is 19.5 Å². The van der Waals surface area contributed by atoms with E-state index in [2.05, 4.69) is 5.32 Å². The Bertz CT molecular complexity index is 1410. The van der Waals surface area contributed by atoms with Crippen LogP contribution in [0.3, 0.4) is 0 Å². The minimum Gasteiger partial charge on any atom is -0.497 e. The second kappa shape index (κ2) is 12.0. The average molecular weight is 557 g/mol.